The highest BCUT2D eigenvalue weighted by Gasteiger charge is 2.21. The smallest absolute Gasteiger partial charge is 0.338 e. The van der Waals surface area contributed by atoms with Gasteiger partial charge in [-0.1, -0.05) is 31.8 Å². The third-order valence-corrected chi connectivity index (χ3v) is 6.61. The molecule has 0 amide bonds. The zero-order chi connectivity index (χ0) is 21.7. The minimum atomic E-state index is -1.26. The molecule has 0 saturated carbocycles. The van der Waals surface area contributed by atoms with Crippen LogP contribution >= 0.6 is 0 Å². The summed E-state index contributed by atoms with van der Waals surface area (Å²) in [6, 6.07) is 15.2. The van der Waals surface area contributed by atoms with Gasteiger partial charge in [0.2, 0.25) is 0 Å². The quantitative estimate of drug-likeness (QED) is 0.298. The van der Waals surface area contributed by atoms with Gasteiger partial charge in [-0.3, -0.25) is 9.59 Å². The molecule has 0 aliphatic rings. The Labute approximate surface area is 176 Å². The number of nitrogens with one attached hydrogen (secondary N) is 2. The molecule has 3 aromatic rings. The molecule has 1 aromatic carbocycles. The second kappa shape index (κ2) is 9.09. The molecule has 0 fully saturated rings. The number of carbonyl (C=O) groups is 3. The summed E-state index contributed by atoms with van der Waals surface area (Å²) in [7, 11) is -1.26. The second-order valence-corrected chi connectivity index (χ2v) is 14.1. The number of aromatic nitrogens is 2. The number of carbonyl (C=O) groups excluding carboxylic acids is 3. The first kappa shape index (κ1) is 21.5. The van der Waals surface area contributed by atoms with Gasteiger partial charge in [0.05, 0.1) is 29.5 Å². The summed E-state index contributed by atoms with van der Waals surface area (Å²) in [5.74, 6) is -0.577. The zero-order valence-electron chi connectivity index (χ0n) is 17.4. The third-order valence-electron chi connectivity index (χ3n) is 4.90. The van der Waals surface area contributed by atoms with E-state index < -0.39 is 8.07 Å². The van der Waals surface area contributed by atoms with Gasteiger partial charge in [-0.05, 0) is 48.0 Å². The molecule has 156 valence electrons. The number of esters is 1. The summed E-state index contributed by atoms with van der Waals surface area (Å²) in [4.78, 5) is 40.7. The van der Waals surface area contributed by atoms with Crippen molar-refractivity contribution in [2.24, 2.45) is 0 Å². The van der Waals surface area contributed by atoms with Gasteiger partial charge >= 0.3 is 5.97 Å². The Morgan fingerprint density at radius 1 is 0.900 bits per heavy atom. The normalized spacial score (nSPS) is 11.5. The lowest BCUT2D eigenvalue weighted by atomic mass is 9.92. The number of ether oxygens (including phenoxy) is 1. The Kier molecular flexibility index (Phi) is 6.52. The molecule has 0 atom stereocenters. The van der Waals surface area contributed by atoms with Crippen LogP contribution in [0.4, 0.5) is 0 Å². The summed E-state index contributed by atoms with van der Waals surface area (Å²) < 4.78 is 5.42. The van der Waals surface area contributed by atoms with Crippen LogP contribution in [0.15, 0.2) is 48.5 Å². The molecule has 6 nitrogen and oxygen atoms in total. The molecule has 0 radical (unpaired) electrons. The number of hydrogen-bond donors (Lipinski definition) is 2. The molecule has 0 aliphatic carbocycles. The molecule has 2 aromatic heterocycles. The fourth-order valence-electron chi connectivity index (χ4n) is 3.20. The van der Waals surface area contributed by atoms with Crippen LogP contribution in [0.25, 0.3) is 0 Å². The van der Waals surface area contributed by atoms with Crippen LogP contribution < -0.4 is 0 Å². The third kappa shape index (κ3) is 5.24. The minimum absolute atomic E-state index is 0.246. The number of aromatic amines is 2. The topological polar surface area (TPSA) is 92.0 Å². The van der Waals surface area contributed by atoms with Crippen molar-refractivity contribution >= 4 is 26.6 Å². The lowest BCUT2D eigenvalue weighted by Crippen LogP contribution is -2.22. The monoisotopic (exact) mass is 422 g/mol. The first-order valence-corrected chi connectivity index (χ1v) is 13.6. The Morgan fingerprint density at radius 2 is 1.43 bits per heavy atom. The van der Waals surface area contributed by atoms with Gasteiger partial charge in [-0.15, -0.1) is 0 Å². The molecule has 3 rings (SSSR count). The van der Waals surface area contributed by atoms with E-state index in [1.54, 1.807) is 24.3 Å². The fourth-order valence-corrected chi connectivity index (χ4v) is 3.92. The van der Waals surface area contributed by atoms with Crippen LogP contribution in [0.1, 0.15) is 54.2 Å². The molecule has 0 aliphatic heterocycles. The first-order valence-electron chi connectivity index (χ1n) is 9.86. The standard InChI is InChI=1S/C23H26N2O4Si/c1-30(2,3)13-12-29-23(28)17-6-4-16(5-7-17)22(20-10-8-18(14-26)24-20)21-11-9-19(15-27)25-21/h4-11,14-15,22,24-25H,12-13H2,1-3H3. The van der Waals surface area contributed by atoms with E-state index in [4.69, 9.17) is 4.74 Å². The lowest BCUT2D eigenvalue weighted by molar-refractivity contribution is 0.0525. The Bertz CT molecular complexity index is 982. The summed E-state index contributed by atoms with van der Waals surface area (Å²) in [5, 5.41) is 0. The highest BCUT2D eigenvalue weighted by atomic mass is 28.3. The molecular formula is C23H26N2O4Si. The van der Waals surface area contributed by atoms with Crippen molar-refractivity contribution in [1.82, 2.24) is 9.97 Å². The van der Waals surface area contributed by atoms with Crippen molar-refractivity contribution in [2.45, 2.75) is 31.6 Å². The van der Waals surface area contributed by atoms with Crippen molar-refractivity contribution in [3.05, 3.63) is 82.4 Å². The van der Waals surface area contributed by atoms with Crippen molar-refractivity contribution < 1.29 is 19.1 Å². The fraction of sp³-hybridized carbons (Fsp3) is 0.261. The average Bonchev–Trinajstić information content (AvgIpc) is 3.37. The van der Waals surface area contributed by atoms with Crippen LogP contribution in [0.3, 0.4) is 0 Å². The van der Waals surface area contributed by atoms with Gasteiger partial charge in [-0.25, -0.2) is 4.79 Å². The Balaban J connectivity index is 1.84. The number of aldehydes is 2. The van der Waals surface area contributed by atoms with Gasteiger partial charge in [0, 0.05) is 19.5 Å². The maximum atomic E-state index is 12.3. The van der Waals surface area contributed by atoms with Crippen molar-refractivity contribution in [3.8, 4) is 0 Å². The van der Waals surface area contributed by atoms with Gasteiger partial charge in [0.1, 0.15) is 0 Å². The summed E-state index contributed by atoms with van der Waals surface area (Å²) in [6.45, 7) is 7.15. The molecule has 2 N–H and O–H groups in total. The lowest BCUT2D eigenvalue weighted by Gasteiger charge is -2.17. The van der Waals surface area contributed by atoms with E-state index in [1.807, 2.05) is 24.3 Å². The molecule has 0 bridgehead atoms. The van der Waals surface area contributed by atoms with E-state index in [0.29, 0.717) is 23.6 Å². The Hall–Kier alpha value is -3.19. The maximum absolute atomic E-state index is 12.3. The van der Waals surface area contributed by atoms with Gasteiger partial charge in [-0.2, -0.15) is 0 Å². The highest BCUT2D eigenvalue weighted by Crippen LogP contribution is 2.31. The first-order chi connectivity index (χ1) is 14.3. The zero-order valence-corrected chi connectivity index (χ0v) is 18.4. The van der Waals surface area contributed by atoms with E-state index in [1.165, 1.54) is 0 Å². The molecule has 0 unspecified atom stereocenters. The van der Waals surface area contributed by atoms with Crippen molar-refractivity contribution in [2.75, 3.05) is 6.61 Å². The highest BCUT2D eigenvalue weighted by molar-refractivity contribution is 6.76. The second-order valence-electron chi connectivity index (χ2n) is 8.48. The molecular weight excluding hydrogens is 396 g/mol. The van der Waals surface area contributed by atoms with Crippen LogP contribution in [0, 0.1) is 0 Å². The Morgan fingerprint density at radius 3 is 1.87 bits per heavy atom. The summed E-state index contributed by atoms with van der Waals surface area (Å²) >= 11 is 0. The van der Waals surface area contributed by atoms with E-state index >= 15 is 0 Å². The van der Waals surface area contributed by atoms with Crippen molar-refractivity contribution in [1.29, 1.82) is 0 Å². The van der Waals surface area contributed by atoms with E-state index in [-0.39, 0.29) is 11.9 Å². The van der Waals surface area contributed by atoms with Crippen LogP contribution in [-0.4, -0.2) is 43.2 Å². The summed E-state index contributed by atoms with van der Waals surface area (Å²) in [6.07, 6.45) is 1.51. The van der Waals surface area contributed by atoms with Crippen LogP contribution in [0.5, 0.6) is 0 Å². The van der Waals surface area contributed by atoms with Gasteiger partial charge in [0.25, 0.3) is 0 Å². The van der Waals surface area contributed by atoms with Gasteiger partial charge < -0.3 is 14.7 Å². The number of benzene rings is 1. The van der Waals surface area contributed by atoms with E-state index in [9.17, 15) is 14.4 Å². The average molecular weight is 423 g/mol. The van der Waals surface area contributed by atoms with E-state index in [0.717, 1.165) is 35.6 Å². The molecule has 30 heavy (non-hydrogen) atoms. The predicted molar refractivity (Wildman–Crippen MR) is 118 cm³/mol. The number of hydrogen-bond acceptors (Lipinski definition) is 4. The number of H-pyrrole nitrogens is 2. The molecule has 7 heteroatoms. The van der Waals surface area contributed by atoms with Crippen LogP contribution in [0.2, 0.25) is 25.7 Å². The molecule has 2 heterocycles. The van der Waals surface area contributed by atoms with Crippen LogP contribution in [-0.2, 0) is 4.74 Å². The molecule has 0 saturated heterocycles. The summed E-state index contributed by atoms with van der Waals surface area (Å²) in [5.41, 5.74) is 3.96. The van der Waals surface area contributed by atoms with E-state index in [2.05, 4.69) is 29.6 Å². The number of rotatable bonds is 9. The SMILES string of the molecule is C[Si](C)(C)CCOC(=O)c1ccc(C(c2ccc(C=O)[nH]2)c2ccc(C=O)[nH]2)cc1. The molecule has 0 spiro atoms. The largest absolute Gasteiger partial charge is 0.462 e. The predicted octanol–water partition coefficient (Wildman–Crippen LogP) is 4.64. The maximum Gasteiger partial charge on any atom is 0.338 e. The minimum Gasteiger partial charge on any atom is -0.462 e. The van der Waals surface area contributed by atoms with Crippen molar-refractivity contribution in [3.63, 3.8) is 0 Å². The van der Waals surface area contributed by atoms with Gasteiger partial charge in [0.15, 0.2) is 12.6 Å².